The first-order chi connectivity index (χ1) is 16.1. The number of anilines is 3. The number of pyridine rings is 1. The van der Waals surface area contributed by atoms with Gasteiger partial charge in [-0.2, -0.15) is 0 Å². The maximum Gasteiger partial charge on any atom is 0.225 e. The number of nitrogens with two attached hydrogens (primary N) is 1. The lowest BCUT2D eigenvalue weighted by atomic mass is 10.1. The molecule has 9 nitrogen and oxygen atoms in total. The van der Waals surface area contributed by atoms with Crippen molar-refractivity contribution < 1.29 is 9.84 Å². The van der Waals surface area contributed by atoms with Crippen molar-refractivity contribution in [3.8, 4) is 17.0 Å². The molecular formula is C23H24ClN7O2. The Labute approximate surface area is 196 Å². The maximum absolute atomic E-state index is 9.84. The van der Waals surface area contributed by atoms with Crippen LogP contribution in [0.15, 0.2) is 49.1 Å². The molecule has 0 aliphatic carbocycles. The van der Waals surface area contributed by atoms with Crippen LogP contribution in [-0.4, -0.2) is 57.7 Å². The number of imidazole rings is 1. The summed E-state index contributed by atoms with van der Waals surface area (Å²) in [6.45, 7) is 3.20. The van der Waals surface area contributed by atoms with Gasteiger partial charge in [-0.1, -0.05) is 11.6 Å². The Kier molecular flexibility index (Phi) is 5.65. The number of fused-ring (bicyclic) bond motifs is 1. The summed E-state index contributed by atoms with van der Waals surface area (Å²) in [6.07, 6.45) is 7.21. The van der Waals surface area contributed by atoms with Crippen LogP contribution in [0.4, 0.5) is 17.3 Å². The van der Waals surface area contributed by atoms with Crippen LogP contribution < -0.4 is 20.3 Å². The summed E-state index contributed by atoms with van der Waals surface area (Å²) >= 11 is 6.33. The second kappa shape index (κ2) is 8.76. The SMILES string of the molecule is COc1cc(CO)c(-c2cn3ccc(N4CCN(c5ncc(N)cn5)CC4)cc3n2)cc1Cl. The first-order valence-corrected chi connectivity index (χ1v) is 11.0. The minimum Gasteiger partial charge on any atom is -0.495 e. The number of methoxy groups -OCH3 is 1. The zero-order chi connectivity index (χ0) is 22.9. The number of piperazine rings is 1. The first kappa shape index (κ1) is 21.3. The molecule has 0 spiro atoms. The summed E-state index contributed by atoms with van der Waals surface area (Å²) in [5.41, 5.74) is 10.4. The lowest BCUT2D eigenvalue weighted by Gasteiger charge is -2.36. The number of nitrogen functional groups attached to an aromatic ring is 1. The maximum atomic E-state index is 9.84. The van der Waals surface area contributed by atoms with Crippen LogP contribution in [0.2, 0.25) is 5.02 Å². The molecule has 33 heavy (non-hydrogen) atoms. The highest BCUT2D eigenvalue weighted by molar-refractivity contribution is 6.32. The molecule has 10 heteroatoms. The molecule has 3 N–H and O–H groups in total. The highest BCUT2D eigenvalue weighted by Gasteiger charge is 2.20. The summed E-state index contributed by atoms with van der Waals surface area (Å²) < 4.78 is 7.24. The molecule has 1 saturated heterocycles. The van der Waals surface area contributed by atoms with Crippen molar-refractivity contribution in [2.24, 2.45) is 0 Å². The van der Waals surface area contributed by atoms with E-state index < -0.39 is 0 Å². The topological polar surface area (TPSA) is 105 Å². The molecule has 0 amide bonds. The molecule has 3 aromatic heterocycles. The minimum atomic E-state index is -0.135. The molecular weight excluding hydrogens is 442 g/mol. The zero-order valence-electron chi connectivity index (χ0n) is 18.1. The van der Waals surface area contributed by atoms with Crippen LogP contribution in [-0.2, 0) is 6.61 Å². The third-order valence-corrected chi connectivity index (χ3v) is 6.15. The van der Waals surface area contributed by atoms with Crippen LogP contribution in [0.5, 0.6) is 5.75 Å². The molecule has 170 valence electrons. The van der Waals surface area contributed by atoms with Gasteiger partial charge in [0.15, 0.2) is 0 Å². The Bertz CT molecular complexity index is 1280. The van der Waals surface area contributed by atoms with E-state index in [0.717, 1.165) is 48.8 Å². The van der Waals surface area contributed by atoms with Gasteiger partial charge in [0.05, 0.1) is 42.5 Å². The smallest absolute Gasteiger partial charge is 0.225 e. The van der Waals surface area contributed by atoms with Crippen LogP contribution in [0.1, 0.15) is 5.56 Å². The van der Waals surface area contributed by atoms with Gasteiger partial charge in [0.1, 0.15) is 11.4 Å². The average molecular weight is 466 g/mol. The van der Waals surface area contributed by atoms with Crippen LogP contribution in [0, 0.1) is 0 Å². The molecule has 0 atom stereocenters. The molecule has 1 aromatic carbocycles. The Morgan fingerprint density at radius 2 is 1.82 bits per heavy atom. The number of benzene rings is 1. The van der Waals surface area contributed by atoms with Gasteiger partial charge >= 0.3 is 0 Å². The Morgan fingerprint density at radius 1 is 1.09 bits per heavy atom. The van der Waals surface area contributed by atoms with Crippen molar-refractivity contribution in [2.45, 2.75) is 6.61 Å². The molecule has 1 aliphatic rings. The van der Waals surface area contributed by atoms with E-state index in [1.165, 1.54) is 0 Å². The highest BCUT2D eigenvalue weighted by Crippen LogP contribution is 2.34. The van der Waals surface area contributed by atoms with Gasteiger partial charge in [-0.15, -0.1) is 0 Å². The van der Waals surface area contributed by atoms with E-state index >= 15 is 0 Å². The van der Waals surface area contributed by atoms with Crippen molar-refractivity contribution in [1.29, 1.82) is 0 Å². The minimum absolute atomic E-state index is 0.135. The number of hydrogen-bond acceptors (Lipinski definition) is 8. The number of aliphatic hydroxyl groups excluding tert-OH is 1. The number of aromatic nitrogens is 4. The summed E-state index contributed by atoms with van der Waals surface area (Å²) in [7, 11) is 1.55. The number of rotatable bonds is 5. The molecule has 0 unspecified atom stereocenters. The van der Waals surface area contributed by atoms with E-state index in [0.29, 0.717) is 28.0 Å². The zero-order valence-corrected chi connectivity index (χ0v) is 18.9. The second-order valence-corrected chi connectivity index (χ2v) is 8.28. The number of ether oxygens (including phenoxy) is 1. The molecule has 0 saturated carbocycles. The Hall–Kier alpha value is -3.56. The largest absolute Gasteiger partial charge is 0.495 e. The van der Waals surface area contributed by atoms with Crippen molar-refractivity contribution in [1.82, 2.24) is 19.4 Å². The molecule has 5 rings (SSSR count). The van der Waals surface area contributed by atoms with Crippen LogP contribution in [0.3, 0.4) is 0 Å². The number of hydrogen-bond donors (Lipinski definition) is 2. The standard InChI is InChI=1S/C23H24ClN7O2/c1-33-21-8-15(14-32)18(10-19(21)24)20-13-31-3-2-17(9-22(31)28-20)29-4-6-30(7-5-29)23-26-11-16(25)12-27-23/h2-3,8-13,32H,4-7,14,25H2,1H3. The van der Waals surface area contributed by atoms with Crippen molar-refractivity contribution in [2.75, 3.05) is 48.8 Å². The summed E-state index contributed by atoms with van der Waals surface area (Å²) in [4.78, 5) is 17.9. The highest BCUT2D eigenvalue weighted by atomic mass is 35.5. The monoisotopic (exact) mass is 465 g/mol. The predicted molar refractivity (Wildman–Crippen MR) is 129 cm³/mol. The number of aliphatic hydroxyl groups is 1. The Balaban J connectivity index is 1.37. The number of nitrogens with zero attached hydrogens (tertiary/aromatic N) is 6. The fourth-order valence-electron chi connectivity index (χ4n) is 4.08. The van der Waals surface area contributed by atoms with E-state index in [1.54, 1.807) is 31.6 Å². The summed E-state index contributed by atoms with van der Waals surface area (Å²) in [5, 5.41) is 10.3. The third-order valence-electron chi connectivity index (χ3n) is 5.85. The van der Waals surface area contributed by atoms with E-state index in [1.807, 2.05) is 16.8 Å². The fourth-order valence-corrected chi connectivity index (χ4v) is 4.32. The average Bonchev–Trinajstić information content (AvgIpc) is 3.28. The summed E-state index contributed by atoms with van der Waals surface area (Å²) in [5.74, 6) is 1.23. The van der Waals surface area contributed by atoms with Crippen LogP contribution in [0.25, 0.3) is 16.9 Å². The Morgan fingerprint density at radius 3 is 2.52 bits per heavy atom. The van der Waals surface area contributed by atoms with Gasteiger partial charge in [0.2, 0.25) is 5.95 Å². The quantitative estimate of drug-likeness (QED) is 0.463. The van der Waals surface area contributed by atoms with Gasteiger partial charge in [0.25, 0.3) is 0 Å². The lowest BCUT2D eigenvalue weighted by Crippen LogP contribution is -2.47. The van der Waals surface area contributed by atoms with Crippen LogP contribution >= 0.6 is 11.6 Å². The van der Waals surface area contributed by atoms with Gasteiger partial charge in [0, 0.05) is 55.9 Å². The van der Waals surface area contributed by atoms with E-state index in [-0.39, 0.29) is 6.61 Å². The fraction of sp³-hybridized carbons (Fsp3) is 0.261. The van der Waals surface area contributed by atoms with E-state index in [4.69, 9.17) is 27.1 Å². The van der Waals surface area contributed by atoms with E-state index in [2.05, 4.69) is 31.9 Å². The predicted octanol–water partition coefficient (Wildman–Crippen LogP) is 2.85. The molecule has 0 bridgehead atoms. The summed E-state index contributed by atoms with van der Waals surface area (Å²) in [6, 6.07) is 7.69. The third kappa shape index (κ3) is 4.12. The van der Waals surface area contributed by atoms with Gasteiger partial charge in [-0.3, -0.25) is 0 Å². The molecule has 0 radical (unpaired) electrons. The normalized spacial score (nSPS) is 14.2. The van der Waals surface area contributed by atoms with E-state index in [9.17, 15) is 5.11 Å². The molecule has 1 aliphatic heterocycles. The van der Waals surface area contributed by atoms with Crippen molar-refractivity contribution in [3.63, 3.8) is 0 Å². The van der Waals surface area contributed by atoms with Crippen molar-refractivity contribution in [3.05, 3.63) is 59.6 Å². The van der Waals surface area contributed by atoms with Gasteiger partial charge in [-0.25, -0.2) is 15.0 Å². The molecule has 1 fully saturated rings. The van der Waals surface area contributed by atoms with Gasteiger partial charge < -0.3 is 29.8 Å². The molecule has 4 aromatic rings. The molecule has 4 heterocycles. The lowest BCUT2D eigenvalue weighted by molar-refractivity contribution is 0.281. The first-order valence-electron chi connectivity index (χ1n) is 10.6. The van der Waals surface area contributed by atoms with Crippen molar-refractivity contribution >= 4 is 34.6 Å². The number of halogens is 1. The van der Waals surface area contributed by atoms with Gasteiger partial charge in [-0.05, 0) is 23.8 Å². The second-order valence-electron chi connectivity index (χ2n) is 7.87.